The van der Waals surface area contributed by atoms with Crippen molar-refractivity contribution in [1.82, 2.24) is 4.90 Å². The average molecular weight is 390 g/mol. The van der Waals surface area contributed by atoms with Crippen LogP contribution in [0.25, 0.3) is 0 Å². The zero-order valence-corrected chi connectivity index (χ0v) is 17.5. The van der Waals surface area contributed by atoms with Crippen molar-refractivity contribution < 1.29 is 9.53 Å². The minimum Gasteiger partial charge on any atom is -0.489 e. The van der Waals surface area contributed by atoms with Crippen LogP contribution in [0.5, 0.6) is 5.75 Å². The summed E-state index contributed by atoms with van der Waals surface area (Å²) >= 11 is 0. The summed E-state index contributed by atoms with van der Waals surface area (Å²) in [5, 5.41) is 0. The van der Waals surface area contributed by atoms with Gasteiger partial charge < -0.3 is 9.64 Å². The number of benzene rings is 2. The van der Waals surface area contributed by atoms with Crippen molar-refractivity contribution in [3.05, 3.63) is 91.0 Å². The molecule has 3 nitrogen and oxygen atoms in total. The first kappa shape index (κ1) is 20.9. The quantitative estimate of drug-likeness (QED) is 0.461. The van der Waals surface area contributed by atoms with Gasteiger partial charge >= 0.3 is 0 Å². The van der Waals surface area contributed by atoms with Crippen molar-refractivity contribution in [1.29, 1.82) is 0 Å². The number of piperidine rings is 1. The Morgan fingerprint density at radius 1 is 1.21 bits per heavy atom. The lowest BCUT2D eigenvalue weighted by atomic mass is 9.65. The maximum atomic E-state index is 12.4. The highest BCUT2D eigenvalue weighted by atomic mass is 16.5. The average Bonchev–Trinajstić information content (AvgIpc) is 2.75. The second-order valence-corrected chi connectivity index (χ2v) is 8.20. The Kier molecular flexibility index (Phi) is 6.58. The minimum absolute atomic E-state index is 0.00527. The van der Waals surface area contributed by atoms with Crippen LogP contribution in [-0.4, -0.2) is 23.4 Å². The third-order valence-corrected chi connectivity index (χ3v) is 6.30. The van der Waals surface area contributed by atoms with Crippen molar-refractivity contribution in [3.8, 4) is 5.75 Å². The maximum absolute atomic E-state index is 12.4. The topological polar surface area (TPSA) is 29.5 Å². The molecule has 0 aliphatic carbocycles. The molecule has 3 rings (SSSR count). The van der Waals surface area contributed by atoms with Crippen molar-refractivity contribution in [3.63, 3.8) is 0 Å². The van der Waals surface area contributed by atoms with Crippen LogP contribution in [-0.2, 0) is 16.8 Å². The molecule has 3 heteroatoms. The van der Waals surface area contributed by atoms with Gasteiger partial charge in [-0.2, -0.15) is 0 Å². The Morgan fingerprint density at radius 2 is 1.97 bits per heavy atom. The van der Waals surface area contributed by atoms with Gasteiger partial charge in [-0.1, -0.05) is 69.0 Å². The fourth-order valence-corrected chi connectivity index (χ4v) is 4.32. The number of likely N-dealkylation sites (tertiary alicyclic amines) is 1. The monoisotopic (exact) mass is 389 g/mol. The molecule has 0 bridgehead atoms. The van der Waals surface area contributed by atoms with E-state index in [2.05, 4.69) is 57.3 Å². The van der Waals surface area contributed by atoms with Gasteiger partial charge in [0.1, 0.15) is 12.4 Å². The molecule has 0 saturated carbocycles. The van der Waals surface area contributed by atoms with Gasteiger partial charge in [0.2, 0.25) is 5.91 Å². The van der Waals surface area contributed by atoms with Gasteiger partial charge in [-0.15, -0.1) is 6.58 Å². The summed E-state index contributed by atoms with van der Waals surface area (Å²) in [6.07, 6.45) is 5.00. The number of hydrogen-bond donors (Lipinski definition) is 0. The van der Waals surface area contributed by atoms with Crippen LogP contribution < -0.4 is 4.74 Å². The van der Waals surface area contributed by atoms with Gasteiger partial charge in [0.15, 0.2) is 0 Å². The fourth-order valence-electron chi connectivity index (χ4n) is 4.32. The molecule has 29 heavy (non-hydrogen) atoms. The second kappa shape index (κ2) is 9.13. The van der Waals surface area contributed by atoms with E-state index in [1.807, 2.05) is 35.2 Å². The lowest BCUT2D eigenvalue weighted by Gasteiger charge is -2.49. The van der Waals surface area contributed by atoms with Crippen molar-refractivity contribution in [2.45, 2.75) is 44.8 Å². The number of carbonyl (C=O) groups is 1. The highest BCUT2D eigenvalue weighted by Crippen LogP contribution is 2.43. The summed E-state index contributed by atoms with van der Waals surface area (Å²) in [6.45, 7) is 13.4. The first-order chi connectivity index (χ1) is 14.0. The standard InChI is InChI=1S/C26H31NO2/c1-5-11-23-17-26(4,20(3)18-27(23)25(28)6-2)22-14-10-15-24(16-22)29-19-21-12-8-7-9-13-21/h5-10,12-16,20,23H,1-2,11,17-19H2,3-4H3/t20-,23-,26+/m0/s1. The molecular formula is C26H31NO2. The summed E-state index contributed by atoms with van der Waals surface area (Å²) in [7, 11) is 0. The van der Waals surface area contributed by atoms with Gasteiger partial charge in [0.05, 0.1) is 0 Å². The zero-order valence-electron chi connectivity index (χ0n) is 17.5. The van der Waals surface area contributed by atoms with E-state index >= 15 is 0 Å². The number of hydrogen-bond acceptors (Lipinski definition) is 2. The van der Waals surface area contributed by atoms with Gasteiger partial charge in [-0.3, -0.25) is 4.79 Å². The molecule has 0 N–H and O–H groups in total. The van der Waals surface area contributed by atoms with E-state index in [4.69, 9.17) is 4.74 Å². The number of nitrogens with zero attached hydrogens (tertiary/aromatic N) is 1. The summed E-state index contributed by atoms with van der Waals surface area (Å²) in [5.74, 6) is 1.20. The molecule has 1 aliphatic heterocycles. The molecule has 1 aliphatic rings. The number of carbonyl (C=O) groups excluding carboxylic acids is 1. The highest BCUT2D eigenvalue weighted by molar-refractivity contribution is 5.87. The Balaban J connectivity index is 1.81. The van der Waals surface area contributed by atoms with Crippen LogP contribution in [0.15, 0.2) is 79.9 Å². The molecule has 3 atom stereocenters. The van der Waals surface area contributed by atoms with E-state index in [-0.39, 0.29) is 17.4 Å². The lowest BCUT2D eigenvalue weighted by Crippen LogP contribution is -2.54. The van der Waals surface area contributed by atoms with E-state index < -0.39 is 0 Å². The molecule has 0 unspecified atom stereocenters. The van der Waals surface area contributed by atoms with Crippen LogP contribution in [0.2, 0.25) is 0 Å². The van der Waals surface area contributed by atoms with E-state index in [0.717, 1.165) is 30.7 Å². The van der Waals surface area contributed by atoms with Crippen LogP contribution in [0, 0.1) is 5.92 Å². The fraction of sp³-hybridized carbons (Fsp3) is 0.346. The molecule has 0 aromatic heterocycles. The summed E-state index contributed by atoms with van der Waals surface area (Å²) < 4.78 is 6.06. The molecule has 1 saturated heterocycles. The highest BCUT2D eigenvalue weighted by Gasteiger charge is 2.43. The molecule has 2 aromatic rings. The smallest absolute Gasteiger partial charge is 0.246 e. The third-order valence-electron chi connectivity index (χ3n) is 6.30. The van der Waals surface area contributed by atoms with E-state index in [0.29, 0.717) is 12.5 Å². The van der Waals surface area contributed by atoms with Gasteiger partial charge in [-0.05, 0) is 53.5 Å². The Bertz CT molecular complexity index is 860. The molecule has 0 spiro atoms. The number of rotatable bonds is 7. The van der Waals surface area contributed by atoms with Gasteiger partial charge in [0.25, 0.3) is 0 Å². The Labute approximate surface area is 174 Å². The predicted molar refractivity (Wildman–Crippen MR) is 119 cm³/mol. The predicted octanol–water partition coefficient (Wildman–Crippen LogP) is 5.52. The van der Waals surface area contributed by atoms with E-state index in [1.54, 1.807) is 0 Å². The van der Waals surface area contributed by atoms with Crippen LogP contribution in [0.1, 0.15) is 37.8 Å². The molecule has 1 fully saturated rings. The largest absolute Gasteiger partial charge is 0.489 e. The van der Waals surface area contributed by atoms with Crippen LogP contribution >= 0.6 is 0 Å². The van der Waals surface area contributed by atoms with Gasteiger partial charge in [0, 0.05) is 12.6 Å². The molecule has 1 heterocycles. The summed E-state index contributed by atoms with van der Waals surface area (Å²) in [5.41, 5.74) is 2.37. The van der Waals surface area contributed by atoms with Crippen molar-refractivity contribution >= 4 is 5.91 Å². The van der Waals surface area contributed by atoms with Crippen molar-refractivity contribution in [2.75, 3.05) is 6.54 Å². The van der Waals surface area contributed by atoms with Crippen molar-refractivity contribution in [2.24, 2.45) is 5.92 Å². The molecule has 0 radical (unpaired) electrons. The van der Waals surface area contributed by atoms with Crippen LogP contribution in [0.3, 0.4) is 0 Å². The first-order valence-corrected chi connectivity index (χ1v) is 10.3. The summed E-state index contributed by atoms with van der Waals surface area (Å²) in [6, 6.07) is 18.8. The molecular weight excluding hydrogens is 358 g/mol. The molecule has 2 aromatic carbocycles. The SMILES string of the molecule is C=CC[C@H]1C[C@@](C)(c2cccc(OCc3ccccc3)c2)[C@@H](C)CN1C(=O)C=C. The summed E-state index contributed by atoms with van der Waals surface area (Å²) in [4.78, 5) is 14.3. The first-order valence-electron chi connectivity index (χ1n) is 10.3. The number of amides is 1. The third kappa shape index (κ3) is 4.61. The minimum atomic E-state index is -0.0439. The molecule has 1 amide bonds. The van der Waals surface area contributed by atoms with E-state index in [9.17, 15) is 4.79 Å². The van der Waals surface area contributed by atoms with Gasteiger partial charge in [-0.25, -0.2) is 0 Å². The lowest BCUT2D eigenvalue weighted by molar-refractivity contribution is -0.132. The maximum Gasteiger partial charge on any atom is 0.246 e. The normalized spacial score (nSPS) is 24.0. The zero-order chi connectivity index (χ0) is 20.9. The molecule has 152 valence electrons. The van der Waals surface area contributed by atoms with Crippen LogP contribution in [0.4, 0.5) is 0 Å². The second-order valence-electron chi connectivity index (χ2n) is 8.20. The Morgan fingerprint density at radius 3 is 2.66 bits per heavy atom. The number of ether oxygens (including phenoxy) is 1. The Hall–Kier alpha value is -2.81. The van der Waals surface area contributed by atoms with E-state index in [1.165, 1.54) is 11.6 Å².